The van der Waals surface area contributed by atoms with Gasteiger partial charge in [-0.3, -0.25) is 9.59 Å². The fourth-order valence-corrected chi connectivity index (χ4v) is 6.27. The third-order valence-electron chi connectivity index (χ3n) is 8.50. The Morgan fingerprint density at radius 2 is 1.90 bits per heavy atom. The Morgan fingerprint density at radius 3 is 2.64 bits per heavy atom. The molecule has 2 aliphatic rings. The molecule has 3 N–H and O–H groups in total. The Balaban J connectivity index is 1.35. The van der Waals surface area contributed by atoms with Gasteiger partial charge in [0.15, 0.2) is 0 Å². The second-order valence-corrected chi connectivity index (χ2v) is 11.4. The van der Waals surface area contributed by atoms with Gasteiger partial charge in [0.05, 0.1) is 0 Å². The number of H-pyrrole nitrogens is 1. The standard InChI is InChI=1S/C33H40N6O3/c1-3-4-23-17-22(2)37-33(41)29(23)21-36-32(40)28-18-25(24-5-6-31(35-20-24)38-13-10-34-11-14-38)19-30-27(28)7-12-39(30)26-8-15-42-16-9-26/h5-7,12,17-20,26,34H,3-4,8-11,13-16,21H2,1-2H3,(H,36,40)(H,37,41). The quantitative estimate of drug-likeness (QED) is 0.292. The van der Waals surface area contributed by atoms with E-state index in [9.17, 15) is 9.59 Å². The Labute approximate surface area is 246 Å². The van der Waals surface area contributed by atoms with E-state index in [-0.39, 0.29) is 18.0 Å². The zero-order valence-corrected chi connectivity index (χ0v) is 24.5. The Kier molecular flexibility index (Phi) is 8.39. The summed E-state index contributed by atoms with van der Waals surface area (Å²) >= 11 is 0. The molecule has 3 aromatic heterocycles. The third-order valence-corrected chi connectivity index (χ3v) is 8.50. The van der Waals surface area contributed by atoms with Crippen LogP contribution in [-0.2, 0) is 17.7 Å². The number of carbonyl (C=O) groups excluding carboxylic acids is 1. The first-order valence-corrected chi connectivity index (χ1v) is 15.2. The molecule has 2 aliphatic heterocycles. The summed E-state index contributed by atoms with van der Waals surface area (Å²) in [5.74, 6) is 0.774. The third kappa shape index (κ3) is 5.84. The molecule has 2 saturated heterocycles. The van der Waals surface area contributed by atoms with E-state index in [2.05, 4.69) is 56.4 Å². The fraction of sp³-hybridized carbons (Fsp3) is 0.424. The smallest absolute Gasteiger partial charge is 0.253 e. The van der Waals surface area contributed by atoms with Crippen molar-refractivity contribution >= 4 is 22.6 Å². The predicted molar refractivity (Wildman–Crippen MR) is 166 cm³/mol. The summed E-state index contributed by atoms with van der Waals surface area (Å²) in [5, 5.41) is 7.36. The number of carbonyl (C=O) groups is 1. The van der Waals surface area contributed by atoms with Crippen LogP contribution in [0.25, 0.3) is 22.0 Å². The van der Waals surface area contributed by atoms with Gasteiger partial charge < -0.3 is 29.8 Å². The van der Waals surface area contributed by atoms with Gasteiger partial charge in [0.1, 0.15) is 5.82 Å². The topological polar surface area (TPSA) is 104 Å². The predicted octanol–water partition coefficient (Wildman–Crippen LogP) is 4.34. The van der Waals surface area contributed by atoms with Gasteiger partial charge in [0.25, 0.3) is 11.5 Å². The second-order valence-electron chi connectivity index (χ2n) is 11.4. The Morgan fingerprint density at radius 1 is 1.10 bits per heavy atom. The van der Waals surface area contributed by atoms with Crippen LogP contribution in [0.5, 0.6) is 0 Å². The molecule has 4 aromatic rings. The van der Waals surface area contributed by atoms with Crippen molar-refractivity contribution in [2.24, 2.45) is 0 Å². The van der Waals surface area contributed by atoms with Crippen LogP contribution in [-0.4, -0.2) is 59.8 Å². The molecule has 1 amide bonds. The number of amides is 1. The van der Waals surface area contributed by atoms with Gasteiger partial charge in [0, 0.05) is 97.7 Å². The first-order chi connectivity index (χ1) is 20.5. The SMILES string of the molecule is CCCc1cc(C)[nH]c(=O)c1CNC(=O)c1cc(-c2ccc(N3CCNCC3)nc2)cc2c1ccn2C1CCOCC1. The monoisotopic (exact) mass is 568 g/mol. The van der Waals surface area contributed by atoms with Gasteiger partial charge in [-0.2, -0.15) is 0 Å². The molecule has 0 atom stereocenters. The van der Waals surface area contributed by atoms with Crippen LogP contribution in [0.2, 0.25) is 0 Å². The molecule has 0 unspecified atom stereocenters. The number of piperazine rings is 1. The van der Waals surface area contributed by atoms with Crippen LogP contribution in [0.15, 0.2) is 53.6 Å². The lowest BCUT2D eigenvalue weighted by molar-refractivity contribution is 0.0707. The number of anilines is 1. The minimum Gasteiger partial charge on any atom is -0.381 e. The minimum absolute atomic E-state index is 0.140. The van der Waals surface area contributed by atoms with E-state index >= 15 is 0 Å². The first kappa shape index (κ1) is 28.2. The van der Waals surface area contributed by atoms with E-state index in [0.717, 1.165) is 104 Å². The van der Waals surface area contributed by atoms with Crippen LogP contribution in [0.1, 0.15) is 59.4 Å². The number of ether oxygens (including phenoxy) is 1. The molecule has 220 valence electrons. The zero-order chi connectivity index (χ0) is 29.1. The maximum absolute atomic E-state index is 13.8. The number of rotatable bonds is 8. The molecule has 42 heavy (non-hydrogen) atoms. The highest BCUT2D eigenvalue weighted by atomic mass is 16.5. The average molecular weight is 569 g/mol. The molecule has 0 aliphatic carbocycles. The summed E-state index contributed by atoms with van der Waals surface area (Å²) < 4.78 is 7.92. The zero-order valence-electron chi connectivity index (χ0n) is 24.5. The molecule has 0 saturated carbocycles. The lowest BCUT2D eigenvalue weighted by atomic mass is 9.99. The molecule has 9 heteroatoms. The molecule has 2 fully saturated rings. The molecular formula is C33H40N6O3. The summed E-state index contributed by atoms with van der Waals surface area (Å²) in [4.78, 5) is 36.6. The van der Waals surface area contributed by atoms with Crippen molar-refractivity contribution in [1.82, 2.24) is 25.2 Å². The van der Waals surface area contributed by atoms with E-state index < -0.39 is 0 Å². The van der Waals surface area contributed by atoms with Gasteiger partial charge in [-0.1, -0.05) is 13.3 Å². The molecular weight excluding hydrogens is 528 g/mol. The lowest BCUT2D eigenvalue weighted by Gasteiger charge is -2.28. The minimum atomic E-state index is -0.195. The molecule has 0 spiro atoms. The average Bonchev–Trinajstić information content (AvgIpc) is 3.45. The number of hydrogen-bond donors (Lipinski definition) is 3. The van der Waals surface area contributed by atoms with Crippen molar-refractivity contribution in [2.75, 3.05) is 44.3 Å². The van der Waals surface area contributed by atoms with Gasteiger partial charge in [0.2, 0.25) is 0 Å². The van der Waals surface area contributed by atoms with Crippen LogP contribution in [0.4, 0.5) is 5.82 Å². The molecule has 9 nitrogen and oxygen atoms in total. The largest absolute Gasteiger partial charge is 0.381 e. The van der Waals surface area contributed by atoms with Crippen molar-refractivity contribution in [2.45, 2.75) is 52.1 Å². The summed E-state index contributed by atoms with van der Waals surface area (Å²) in [6.07, 6.45) is 7.59. The normalized spacial score (nSPS) is 16.2. The van der Waals surface area contributed by atoms with E-state index in [1.165, 1.54) is 0 Å². The van der Waals surface area contributed by atoms with E-state index in [1.54, 1.807) is 0 Å². The van der Waals surface area contributed by atoms with Crippen molar-refractivity contribution in [3.8, 4) is 11.1 Å². The highest BCUT2D eigenvalue weighted by Gasteiger charge is 2.22. The Hall–Kier alpha value is -3.95. The summed E-state index contributed by atoms with van der Waals surface area (Å²) in [6, 6.07) is 12.7. The molecule has 1 aromatic carbocycles. The maximum atomic E-state index is 13.8. The van der Waals surface area contributed by atoms with Gasteiger partial charge in [-0.15, -0.1) is 0 Å². The van der Waals surface area contributed by atoms with Crippen molar-refractivity contribution in [3.05, 3.63) is 81.5 Å². The molecule has 0 bridgehead atoms. The van der Waals surface area contributed by atoms with Crippen molar-refractivity contribution < 1.29 is 9.53 Å². The van der Waals surface area contributed by atoms with Crippen molar-refractivity contribution in [1.29, 1.82) is 0 Å². The van der Waals surface area contributed by atoms with Gasteiger partial charge in [-0.25, -0.2) is 4.98 Å². The number of aromatic nitrogens is 3. The number of aryl methyl sites for hydroxylation is 2. The second kappa shape index (κ2) is 12.5. The van der Waals surface area contributed by atoms with Gasteiger partial charge >= 0.3 is 0 Å². The summed E-state index contributed by atoms with van der Waals surface area (Å²) in [6.45, 7) is 9.41. The number of hydrogen-bond acceptors (Lipinski definition) is 6. The molecule has 0 radical (unpaired) electrons. The fourth-order valence-electron chi connectivity index (χ4n) is 6.27. The van der Waals surface area contributed by atoms with Crippen LogP contribution < -0.4 is 21.1 Å². The number of nitrogens with one attached hydrogen (secondary N) is 3. The highest BCUT2D eigenvalue weighted by Crippen LogP contribution is 2.33. The van der Waals surface area contributed by atoms with Crippen molar-refractivity contribution in [3.63, 3.8) is 0 Å². The maximum Gasteiger partial charge on any atom is 0.253 e. The number of fused-ring (bicyclic) bond motifs is 1. The highest BCUT2D eigenvalue weighted by molar-refractivity contribution is 6.08. The number of aromatic amines is 1. The van der Waals surface area contributed by atoms with E-state index in [1.807, 2.05) is 31.3 Å². The van der Waals surface area contributed by atoms with E-state index in [4.69, 9.17) is 9.72 Å². The van der Waals surface area contributed by atoms with E-state index in [0.29, 0.717) is 17.2 Å². The molecule has 6 rings (SSSR count). The van der Waals surface area contributed by atoms with Gasteiger partial charge in [-0.05, 0) is 73.7 Å². The van der Waals surface area contributed by atoms with Crippen LogP contribution >= 0.6 is 0 Å². The number of pyridine rings is 2. The first-order valence-electron chi connectivity index (χ1n) is 15.2. The van der Waals surface area contributed by atoms with Crippen LogP contribution in [0.3, 0.4) is 0 Å². The van der Waals surface area contributed by atoms with Crippen LogP contribution in [0, 0.1) is 6.92 Å². The number of benzene rings is 1. The Bertz CT molecular complexity index is 1610. The summed E-state index contributed by atoms with van der Waals surface area (Å²) in [7, 11) is 0. The molecule has 5 heterocycles. The lowest BCUT2D eigenvalue weighted by Crippen LogP contribution is -2.43. The summed E-state index contributed by atoms with van der Waals surface area (Å²) in [5.41, 5.74) is 5.83. The number of nitrogens with zero attached hydrogens (tertiary/aromatic N) is 3.